The van der Waals surface area contributed by atoms with E-state index in [2.05, 4.69) is 20.6 Å². The first-order valence-corrected chi connectivity index (χ1v) is 7.40. The number of ether oxygens (including phenoxy) is 2. The Morgan fingerprint density at radius 2 is 2.09 bits per heavy atom. The molecule has 0 atom stereocenters. The van der Waals surface area contributed by atoms with Crippen LogP contribution in [0.5, 0.6) is 5.88 Å². The summed E-state index contributed by atoms with van der Waals surface area (Å²) in [5.41, 5.74) is 0.876. The van der Waals surface area contributed by atoms with Gasteiger partial charge in [-0.25, -0.2) is 9.98 Å². The maximum atomic E-state index is 5.31. The second-order valence-electron chi connectivity index (χ2n) is 4.34. The van der Waals surface area contributed by atoms with Gasteiger partial charge in [-0.15, -0.1) is 24.0 Å². The number of aromatic nitrogens is 1. The molecule has 126 valence electrons. The van der Waals surface area contributed by atoms with Crippen molar-refractivity contribution in [3.8, 4) is 5.88 Å². The van der Waals surface area contributed by atoms with E-state index in [-0.39, 0.29) is 24.0 Å². The third-order valence-corrected chi connectivity index (χ3v) is 2.70. The molecule has 0 saturated heterocycles. The van der Waals surface area contributed by atoms with Crippen molar-refractivity contribution in [3.05, 3.63) is 23.9 Å². The van der Waals surface area contributed by atoms with Crippen LogP contribution in [-0.4, -0.2) is 44.4 Å². The van der Waals surface area contributed by atoms with Crippen molar-refractivity contribution in [2.24, 2.45) is 4.99 Å². The number of aliphatic imine (C=N–C) groups is 1. The van der Waals surface area contributed by atoms with E-state index in [0.717, 1.165) is 44.4 Å². The molecule has 2 N–H and O–H groups in total. The van der Waals surface area contributed by atoms with Gasteiger partial charge in [-0.2, -0.15) is 0 Å². The summed E-state index contributed by atoms with van der Waals surface area (Å²) in [7, 11) is 1.61. The monoisotopic (exact) mass is 422 g/mol. The molecule has 6 nitrogen and oxygen atoms in total. The Hall–Kier alpha value is -1.09. The van der Waals surface area contributed by atoms with Gasteiger partial charge in [0.15, 0.2) is 5.96 Å². The Bertz CT molecular complexity index is 430. The van der Waals surface area contributed by atoms with Gasteiger partial charge in [0, 0.05) is 32.4 Å². The first kappa shape index (κ1) is 20.9. The van der Waals surface area contributed by atoms with Gasteiger partial charge in [-0.1, -0.05) is 6.07 Å². The number of hydrogen-bond acceptors (Lipinski definition) is 4. The lowest BCUT2D eigenvalue weighted by molar-refractivity contribution is 0.145. The van der Waals surface area contributed by atoms with E-state index in [4.69, 9.17) is 9.47 Å². The molecule has 0 bridgehead atoms. The van der Waals surface area contributed by atoms with E-state index in [1.54, 1.807) is 7.11 Å². The molecule has 1 aromatic rings. The molecule has 0 amide bonds. The summed E-state index contributed by atoms with van der Waals surface area (Å²) in [6.45, 7) is 7.73. The molecule has 0 radical (unpaired) electrons. The molecule has 0 spiro atoms. The molecule has 0 fully saturated rings. The Balaban J connectivity index is 0.00000441. The molecular formula is C15H27IN4O2. The topological polar surface area (TPSA) is 67.8 Å². The van der Waals surface area contributed by atoms with Crippen molar-refractivity contribution < 1.29 is 9.47 Å². The fraction of sp³-hybridized carbons (Fsp3) is 0.600. The fourth-order valence-electron chi connectivity index (χ4n) is 1.69. The molecule has 22 heavy (non-hydrogen) atoms. The highest BCUT2D eigenvalue weighted by atomic mass is 127. The zero-order chi connectivity index (χ0) is 15.3. The Kier molecular flexibility index (Phi) is 12.9. The van der Waals surface area contributed by atoms with Crippen LogP contribution in [0.1, 0.15) is 26.0 Å². The van der Waals surface area contributed by atoms with Crippen molar-refractivity contribution in [1.82, 2.24) is 15.6 Å². The summed E-state index contributed by atoms with van der Waals surface area (Å²) in [4.78, 5) is 8.85. The van der Waals surface area contributed by atoms with Crippen LogP contribution in [0.3, 0.4) is 0 Å². The smallest absolute Gasteiger partial charge is 0.213 e. The zero-order valence-electron chi connectivity index (χ0n) is 13.6. The molecule has 1 rings (SSSR count). The van der Waals surface area contributed by atoms with E-state index in [0.29, 0.717) is 12.4 Å². The minimum atomic E-state index is 0. The van der Waals surface area contributed by atoms with Crippen LogP contribution in [0.2, 0.25) is 0 Å². The second kappa shape index (κ2) is 13.6. The van der Waals surface area contributed by atoms with Crippen LogP contribution >= 0.6 is 24.0 Å². The molecule has 7 heteroatoms. The zero-order valence-corrected chi connectivity index (χ0v) is 15.9. The quantitative estimate of drug-likeness (QED) is 0.277. The van der Waals surface area contributed by atoms with Gasteiger partial charge in [0.25, 0.3) is 0 Å². The van der Waals surface area contributed by atoms with Gasteiger partial charge in [-0.05, 0) is 26.3 Å². The van der Waals surface area contributed by atoms with Gasteiger partial charge in [-0.3, -0.25) is 0 Å². The van der Waals surface area contributed by atoms with Crippen molar-refractivity contribution >= 4 is 29.9 Å². The van der Waals surface area contributed by atoms with E-state index in [1.165, 1.54) is 0 Å². The molecule has 0 aliphatic carbocycles. The van der Waals surface area contributed by atoms with Crippen molar-refractivity contribution in [3.63, 3.8) is 0 Å². The summed E-state index contributed by atoms with van der Waals surface area (Å²) in [6, 6.07) is 5.67. The number of nitrogens with zero attached hydrogens (tertiary/aromatic N) is 2. The SMILES string of the molecule is CCNC(=NCc1cccc(OC)n1)NCCCOCC.I. The maximum absolute atomic E-state index is 5.31. The van der Waals surface area contributed by atoms with Crippen molar-refractivity contribution in [2.45, 2.75) is 26.8 Å². The van der Waals surface area contributed by atoms with Gasteiger partial charge in [0.05, 0.1) is 19.3 Å². The molecular weight excluding hydrogens is 395 g/mol. The summed E-state index contributed by atoms with van der Waals surface area (Å²) in [5, 5.41) is 6.49. The van der Waals surface area contributed by atoms with Crippen LogP contribution in [0.15, 0.2) is 23.2 Å². The first-order chi connectivity index (χ1) is 10.3. The lowest BCUT2D eigenvalue weighted by Crippen LogP contribution is -2.38. The third kappa shape index (κ3) is 9.04. The fourth-order valence-corrected chi connectivity index (χ4v) is 1.69. The standard InChI is InChI=1S/C15H26N4O2.HI/c1-4-16-15(17-10-7-11-21-5-2)18-12-13-8-6-9-14(19-13)20-3;/h6,8-9H,4-5,7,10-12H2,1-3H3,(H2,16,17,18);1H. The number of halogens is 1. The van der Waals surface area contributed by atoms with E-state index in [9.17, 15) is 0 Å². The Morgan fingerprint density at radius 3 is 2.77 bits per heavy atom. The van der Waals surface area contributed by atoms with Gasteiger partial charge < -0.3 is 20.1 Å². The van der Waals surface area contributed by atoms with Crippen molar-refractivity contribution in [1.29, 1.82) is 0 Å². The minimum Gasteiger partial charge on any atom is -0.481 e. The molecule has 0 unspecified atom stereocenters. The lowest BCUT2D eigenvalue weighted by atomic mass is 10.3. The summed E-state index contributed by atoms with van der Waals surface area (Å²) in [6.07, 6.45) is 0.954. The second-order valence-corrected chi connectivity index (χ2v) is 4.34. The molecule has 0 saturated carbocycles. The third-order valence-electron chi connectivity index (χ3n) is 2.70. The Morgan fingerprint density at radius 1 is 1.27 bits per heavy atom. The molecule has 0 aromatic carbocycles. The predicted molar refractivity (Wildman–Crippen MR) is 100 cm³/mol. The van der Waals surface area contributed by atoms with Gasteiger partial charge in [0.1, 0.15) is 0 Å². The highest BCUT2D eigenvalue weighted by molar-refractivity contribution is 14.0. The van der Waals surface area contributed by atoms with E-state index in [1.807, 2.05) is 32.0 Å². The predicted octanol–water partition coefficient (Wildman–Crippen LogP) is 2.19. The van der Waals surface area contributed by atoms with Crippen LogP contribution in [-0.2, 0) is 11.3 Å². The summed E-state index contributed by atoms with van der Waals surface area (Å²) < 4.78 is 10.4. The van der Waals surface area contributed by atoms with Crippen molar-refractivity contribution in [2.75, 3.05) is 33.4 Å². The van der Waals surface area contributed by atoms with E-state index >= 15 is 0 Å². The molecule has 1 heterocycles. The largest absolute Gasteiger partial charge is 0.481 e. The average molecular weight is 422 g/mol. The maximum Gasteiger partial charge on any atom is 0.213 e. The van der Waals surface area contributed by atoms with E-state index < -0.39 is 0 Å². The molecule has 0 aliphatic rings. The number of pyridine rings is 1. The number of nitrogens with one attached hydrogen (secondary N) is 2. The first-order valence-electron chi connectivity index (χ1n) is 7.40. The van der Waals surface area contributed by atoms with Gasteiger partial charge >= 0.3 is 0 Å². The number of rotatable bonds is 9. The average Bonchev–Trinajstić information content (AvgIpc) is 2.52. The van der Waals surface area contributed by atoms with Crippen LogP contribution in [0.4, 0.5) is 0 Å². The van der Waals surface area contributed by atoms with Crippen LogP contribution < -0.4 is 15.4 Å². The number of hydrogen-bond donors (Lipinski definition) is 2. The van der Waals surface area contributed by atoms with Crippen LogP contribution in [0, 0.1) is 0 Å². The lowest BCUT2D eigenvalue weighted by Gasteiger charge is -2.11. The summed E-state index contributed by atoms with van der Waals surface area (Å²) >= 11 is 0. The molecule has 1 aromatic heterocycles. The normalized spacial score (nSPS) is 10.8. The highest BCUT2D eigenvalue weighted by Gasteiger charge is 1.99. The van der Waals surface area contributed by atoms with Crippen LogP contribution in [0.25, 0.3) is 0 Å². The highest BCUT2D eigenvalue weighted by Crippen LogP contribution is 2.07. The number of methoxy groups -OCH3 is 1. The Labute approximate surface area is 150 Å². The summed E-state index contributed by atoms with van der Waals surface area (Å²) in [5.74, 6) is 1.40. The number of guanidine groups is 1. The van der Waals surface area contributed by atoms with Gasteiger partial charge in [0.2, 0.25) is 5.88 Å². The molecule has 0 aliphatic heterocycles. The minimum absolute atomic E-state index is 0.